The Kier molecular flexibility index (Phi) is 4.46. The third-order valence-corrected chi connectivity index (χ3v) is 3.48. The second-order valence-electron chi connectivity index (χ2n) is 5.22. The van der Waals surface area contributed by atoms with E-state index in [-0.39, 0.29) is 5.41 Å². The molecule has 0 aromatic heterocycles. The molecule has 1 aliphatic carbocycles. The number of carbonyl (C=O) groups is 2. The maximum atomic E-state index is 11.4. The fraction of sp³-hybridized carbons (Fsp3) is 0.571. The minimum Gasteiger partial charge on any atom is -0.463 e. The third kappa shape index (κ3) is 3.07. The molecule has 1 N–H and O–H groups in total. The lowest BCUT2D eigenvalue weighted by atomic mass is 9.71. The van der Waals surface area contributed by atoms with Gasteiger partial charge in [-0.1, -0.05) is 19.9 Å². The molecule has 0 bridgehead atoms. The van der Waals surface area contributed by atoms with E-state index in [2.05, 4.69) is 18.6 Å². The molecule has 0 saturated heterocycles. The molecule has 1 rings (SSSR count). The van der Waals surface area contributed by atoms with Gasteiger partial charge in [-0.2, -0.15) is 0 Å². The number of ether oxygens (including phenoxy) is 1. The quantitative estimate of drug-likeness (QED) is 0.472. The first-order valence-corrected chi connectivity index (χ1v) is 5.99. The van der Waals surface area contributed by atoms with Gasteiger partial charge in [0.15, 0.2) is 0 Å². The number of esters is 1. The van der Waals surface area contributed by atoms with Crippen molar-refractivity contribution in [1.29, 1.82) is 0 Å². The molecule has 4 nitrogen and oxygen atoms in total. The number of methoxy groups -OCH3 is 1. The monoisotopic (exact) mass is 252 g/mol. The van der Waals surface area contributed by atoms with Crippen LogP contribution in [0, 0.1) is 5.41 Å². The van der Waals surface area contributed by atoms with E-state index in [1.807, 2.05) is 6.92 Å². The van der Waals surface area contributed by atoms with Crippen LogP contribution in [-0.4, -0.2) is 30.1 Å². The Hall–Kier alpha value is -1.42. The molecule has 0 fully saturated rings. The molecule has 100 valence electrons. The van der Waals surface area contributed by atoms with Crippen molar-refractivity contribution in [2.75, 3.05) is 7.11 Å². The van der Waals surface area contributed by atoms with Crippen molar-refractivity contribution in [3.63, 3.8) is 0 Å². The predicted octanol–water partition coefficient (Wildman–Crippen LogP) is 1.78. The topological polar surface area (TPSA) is 63.6 Å². The molecule has 1 unspecified atom stereocenters. The second-order valence-corrected chi connectivity index (χ2v) is 5.22. The lowest BCUT2D eigenvalue weighted by Gasteiger charge is -2.35. The van der Waals surface area contributed by atoms with Crippen LogP contribution in [0.15, 0.2) is 23.3 Å². The zero-order chi connectivity index (χ0) is 13.9. The van der Waals surface area contributed by atoms with E-state index in [4.69, 9.17) is 0 Å². The van der Waals surface area contributed by atoms with Gasteiger partial charge in [-0.3, -0.25) is 4.79 Å². The summed E-state index contributed by atoms with van der Waals surface area (Å²) < 4.78 is 4.35. The van der Waals surface area contributed by atoms with Crippen LogP contribution in [0.4, 0.5) is 0 Å². The summed E-state index contributed by atoms with van der Waals surface area (Å²) in [5, 5.41) is 9.83. The zero-order valence-electron chi connectivity index (χ0n) is 11.3. The summed E-state index contributed by atoms with van der Waals surface area (Å²) in [6, 6.07) is 0. The van der Waals surface area contributed by atoms with Gasteiger partial charge in [0.25, 0.3) is 5.78 Å². The van der Waals surface area contributed by atoms with Crippen LogP contribution in [0.2, 0.25) is 0 Å². The van der Waals surface area contributed by atoms with Crippen molar-refractivity contribution in [2.45, 2.75) is 39.7 Å². The normalized spacial score (nSPS) is 23.3. The van der Waals surface area contributed by atoms with Gasteiger partial charge in [-0.25, -0.2) is 4.79 Å². The van der Waals surface area contributed by atoms with E-state index in [9.17, 15) is 14.7 Å². The van der Waals surface area contributed by atoms with E-state index >= 15 is 0 Å². The van der Waals surface area contributed by atoms with Crippen LogP contribution in [0.3, 0.4) is 0 Å². The number of hydrogen-bond acceptors (Lipinski definition) is 4. The predicted molar refractivity (Wildman–Crippen MR) is 67.9 cm³/mol. The molecule has 0 aliphatic heterocycles. The summed E-state index contributed by atoms with van der Waals surface area (Å²) >= 11 is 0. The summed E-state index contributed by atoms with van der Waals surface area (Å²) in [6.07, 6.45) is 3.94. The lowest BCUT2D eigenvalue weighted by molar-refractivity contribution is -0.149. The molecule has 1 aliphatic rings. The Balaban J connectivity index is 2.99. The molecule has 4 heteroatoms. The minimum atomic E-state index is -0.876. The summed E-state index contributed by atoms with van der Waals surface area (Å²) in [4.78, 5) is 22.4. The van der Waals surface area contributed by atoms with Crippen LogP contribution in [0.5, 0.6) is 0 Å². The van der Waals surface area contributed by atoms with Gasteiger partial charge in [-0.15, -0.1) is 0 Å². The largest absolute Gasteiger partial charge is 0.463 e. The van der Waals surface area contributed by atoms with Crippen molar-refractivity contribution in [3.8, 4) is 0 Å². The Bertz CT molecular complexity index is 416. The Morgan fingerprint density at radius 3 is 2.61 bits per heavy atom. The smallest absolute Gasteiger partial charge is 0.378 e. The van der Waals surface area contributed by atoms with Gasteiger partial charge < -0.3 is 9.84 Å². The maximum Gasteiger partial charge on any atom is 0.378 e. The number of allylic oxidation sites excluding steroid dienone is 2. The first kappa shape index (κ1) is 14.6. The van der Waals surface area contributed by atoms with Gasteiger partial charge in [0.05, 0.1) is 13.2 Å². The molecule has 0 saturated carbocycles. The van der Waals surface area contributed by atoms with Crippen LogP contribution in [0.1, 0.15) is 33.6 Å². The van der Waals surface area contributed by atoms with E-state index in [0.29, 0.717) is 0 Å². The van der Waals surface area contributed by atoms with Gasteiger partial charge in [0, 0.05) is 0 Å². The number of hydrogen-bond donors (Lipinski definition) is 1. The minimum absolute atomic E-state index is 0.101. The molecule has 0 amide bonds. The molecule has 0 heterocycles. The number of ketones is 1. The number of aliphatic hydroxyl groups is 1. The van der Waals surface area contributed by atoms with Crippen LogP contribution in [0.25, 0.3) is 0 Å². The lowest BCUT2D eigenvalue weighted by Crippen LogP contribution is -2.27. The molecule has 0 aromatic rings. The highest BCUT2D eigenvalue weighted by atomic mass is 16.5. The summed E-state index contributed by atoms with van der Waals surface area (Å²) in [5.41, 5.74) is 1.68. The highest BCUT2D eigenvalue weighted by Crippen LogP contribution is 2.40. The average molecular weight is 252 g/mol. The first-order chi connectivity index (χ1) is 8.29. The maximum absolute atomic E-state index is 11.4. The fourth-order valence-electron chi connectivity index (χ4n) is 2.25. The highest BCUT2D eigenvalue weighted by molar-refractivity contribution is 6.38. The molecule has 0 aromatic carbocycles. The number of carbonyl (C=O) groups excluding carboxylic acids is 2. The summed E-state index contributed by atoms with van der Waals surface area (Å²) in [7, 11) is 1.17. The van der Waals surface area contributed by atoms with E-state index in [1.54, 1.807) is 6.08 Å². The molecular weight excluding hydrogens is 232 g/mol. The van der Waals surface area contributed by atoms with Crippen molar-refractivity contribution in [2.24, 2.45) is 5.41 Å². The Morgan fingerprint density at radius 1 is 1.44 bits per heavy atom. The Labute approximate surface area is 107 Å². The summed E-state index contributed by atoms with van der Waals surface area (Å²) in [5.74, 6) is -1.56. The van der Waals surface area contributed by atoms with Crippen LogP contribution in [-0.2, 0) is 14.3 Å². The van der Waals surface area contributed by atoms with Crippen LogP contribution >= 0.6 is 0 Å². The van der Waals surface area contributed by atoms with E-state index in [1.165, 1.54) is 13.2 Å². The van der Waals surface area contributed by atoms with Crippen molar-refractivity contribution in [1.82, 2.24) is 0 Å². The zero-order valence-corrected chi connectivity index (χ0v) is 11.3. The van der Waals surface area contributed by atoms with Crippen LogP contribution < -0.4 is 0 Å². The fourth-order valence-corrected chi connectivity index (χ4v) is 2.25. The van der Waals surface area contributed by atoms with Crippen molar-refractivity contribution in [3.05, 3.63) is 23.3 Å². The third-order valence-electron chi connectivity index (χ3n) is 3.48. The van der Waals surface area contributed by atoms with Gasteiger partial charge >= 0.3 is 5.97 Å². The van der Waals surface area contributed by atoms with E-state index in [0.717, 1.165) is 24.0 Å². The molecule has 1 atom stereocenters. The average Bonchev–Trinajstić information content (AvgIpc) is 2.32. The Morgan fingerprint density at radius 2 is 2.06 bits per heavy atom. The standard InChI is InChI=1S/C14H20O4/c1-9-10(5-6-12(16)13(17)18-4)14(2,3)8-7-11(9)15/h5-6,11,15H,7-8H2,1-4H3/b6-5+. The van der Waals surface area contributed by atoms with Crippen molar-refractivity contribution < 1.29 is 19.4 Å². The number of aliphatic hydroxyl groups excluding tert-OH is 1. The molecule has 0 radical (unpaired) electrons. The second kappa shape index (κ2) is 5.48. The molecule has 0 spiro atoms. The SMILES string of the molecule is COC(=O)C(=O)/C=C/C1=C(C)C(O)CCC1(C)C. The van der Waals surface area contributed by atoms with E-state index < -0.39 is 17.9 Å². The molecular formula is C14H20O4. The van der Waals surface area contributed by atoms with Gasteiger partial charge in [0.2, 0.25) is 0 Å². The van der Waals surface area contributed by atoms with Gasteiger partial charge in [0.1, 0.15) is 0 Å². The van der Waals surface area contributed by atoms with Crippen molar-refractivity contribution >= 4 is 11.8 Å². The molecule has 18 heavy (non-hydrogen) atoms. The number of rotatable bonds is 3. The summed E-state index contributed by atoms with van der Waals surface area (Å²) in [6.45, 7) is 5.98. The van der Waals surface area contributed by atoms with Gasteiger partial charge in [-0.05, 0) is 42.4 Å². The highest BCUT2D eigenvalue weighted by Gasteiger charge is 2.31. The first-order valence-electron chi connectivity index (χ1n) is 5.99.